The zero-order valence-corrected chi connectivity index (χ0v) is 11.8. The van der Waals surface area contributed by atoms with Crippen LogP contribution in [0.15, 0.2) is 12.3 Å². The first-order valence-corrected chi connectivity index (χ1v) is 6.14. The number of pyridine rings is 1. The first-order chi connectivity index (χ1) is 9.28. The molecule has 1 amide bonds. The third-order valence-electron chi connectivity index (χ3n) is 2.03. The van der Waals surface area contributed by atoms with Gasteiger partial charge in [0.15, 0.2) is 0 Å². The van der Waals surface area contributed by atoms with E-state index in [2.05, 4.69) is 22.1 Å². The number of anilines is 1. The van der Waals surface area contributed by atoms with Crippen molar-refractivity contribution in [2.75, 3.05) is 12.3 Å². The zero-order chi connectivity index (χ0) is 15.2. The Morgan fingerprint density at radius 2 is 2.25 bits per heavy atom. The number of nitrogens with zero attached hydrogens (tertiary/aromatic N) is 1. The van der Waals surface area contributed by atoms with Crippen LogP contribution in [-0.2, 0) is 4.74 Å². The highest BCUT2D eigenvalue weighted by molar-refractivity contribution is 5.67. The zero-order valence-electron chi connectivity index (χ0n) is 11.8. The summed E-state index contributed by atoms with van der Waals surface area (Å²) in [4.78, 5) is 15.0. The van der Waals surface area contributed by atoms with Crippen molar-refractivity contribution < 1.29 is 13.9 Å². The summed E-state index contributed by atoms with van der Waals surface area (Å²) in [5.41, 5.74) is 5.36. The van der Waals surface area contributed by atoms with E-state index in [-0.39, 0.29) is 5.82 Å². The van der Waals surface area contributed by atoms with E-state index < -0.39 is 17.5 Å². The van der Waals surface area contributed by atoms with Crippen LogP contribution in [-0.4, -0.2) is 23.2 Å². The Bertz CT molecular complexity index is 542. The molecule has 6 heteroatoms. The van der Waals surface area contributed by atoms with Crippen molar-refractivity contribution in [1.82, 2.24) is 10.3 Å². The van der Waals surface area contributed by atoms with Gasteiger partial charge in [-0.15, -0.1) is 0 Å². The molecule has 108 valence electrons. The lowest BCUT2D eigenvalue weighted by molar-refractivity contribution is 0.0529. The van der Waals surface area contributed by atoms with Gasteiger partial charge in [-0.3, -0.25) is 0 Å². The summed E-state index contributed by atoms with van der Waals surface area (Å²) in [5.74, 6) is 5.18. The molecule has 20 heavy (non-hydrogen) atoms. The van der Waals surface area contributed by atoms with Gasteiger partial charge in [-0.05, 0) is 26.8 Å². The summed E-state index contributed by atoms with van der Waals surface area (Å²) in [6.07, 6.45) is 0.936. The van der Waals surface area contributed by atoms with E-state index >= 15 is 0 Å². The number of aromatic nitrogens is 1. The molecular formula is C14H18FN3O2. The minimum Gasteiger partial charge on any atom is -0.444 e. The molecule has 5 nitrogen and oxygen atoms in total. The molecule has 1 rings (SSSR count). The second-order valence-electron chi connectivity index (χ2n) is 5.07. The third kappa shape index (κ3) is 6.05. The number of amides is 1. The molecule has 0 aromatic carbocycles. The van der Waals surface area contributed by atoms with E-state index in [4.69, 9.17) is 10.5 Å². The van der Waals surface area contributed by atoms with E-state index in [1.807, 2.05) is 0 Å². The highest BCUT2D eigenvalue weighted by atomic mass is 19.1. The monoisotopic (exact) mass is 279 g/mol. The van der Waals surface area contributed by atoms with Crippen LogP contribution in [0.2, 0.25) is 0 Å². The molecule has 1 aromatic heterocycles. The molecule has 0 atom stereocenters. The molecule has 0 unspecified atom stereocenters. The number of nitrogens with one attached hydrogen (secondary N) is 1. The van der Waals surface area contributed by atoms with Crippen molar-refractivity contribution in [3.63, 3.8) is 0 Å². The SMILES string of the molecule is CC(C)(C)OC(=O)NCCC#Cc1cc(F)cnc1N. The number of nitrogens with two attached hydrogens (primary N) is 1. The van der Waals surface area contributed by atoms with Crippen LogP contribution in [0.25, 0.3) is 0 Å². The Morgan fingerprint density at radius 1 is 1.55 bits per heavy atom. The molecule has 0 aliphatic rings. The molecule has 1 aromatic rings. The Kier molecular flexibility index (Phi) is 5.32. The van der Waals surface area contributed by atoms with Gasteiger partial charge in [0.05, 0.1) is 11.8 Å². The highest BCUT2D eigenvalue weighted by Crippen LogP contribution is 2.08. The number of halogens is 1. The van der Waals surface area contributed by atoms with Crippen LogP contribution >= 0.6 is 0 Å². The number of rotatable bonds is 2. The molecule has 0 aliphatic carbocycles. The summed E-state index contributed by atoms with van der Waals surface area (Å²) in [5, 5.41) is 2.57. The van der Waals surface area contributed by atoms with Crippen molar-refractivity contribution in [1.29, 1.82) is 0 Å². The lowest BCUT2D eigenvalue weighted by atomic mass is 10.2. The molecule has 0 saturated heterocycles. The van der Waals surface area contributed by atoms with Gasteiger partial charge in [-0.1, -0.05) is 11.8 Å². The number of carbonyl (C=O) groups excluding carboxylic acids is 1. The Hall–Kier alpha value is -2.29. The predicted molar refractivity (Wildman–Crippen MR) is 74.3 cm³/mol. The molecule has 0 saturated carbocycles. The second-order valence-corrected chi connectivity index (χ2v) is 5.07. The quantitative estimate of drug-likeness (QED) is 0.641. The Labute approximate surface area is 117 Å². The van der Waals surface area contributed by atoms with E-state index in [0.29, 0.717) is 18.5 Å². The van der Waals surface area contributed by atoms with Gasteiger partial charge in [-0.2, -0.15) is 0 Å². The summed E-state index contributed by atoms with van der Waals surface area (Å²) in [6.45, 7) is 5.69. The summed E-state index contributed by atoms with van der Waals surface area (Å²) in [6, 6.07) is 1.22. The van der Waals surface area contributed by atoms with Crippen LogP contribution in [0.4, 0.5) is 15.0 Å². The van der Waals surface area contributed by atoms with Crippen LogP contribution in [0.3, 0.4) is 0 Å². The largest absolute Gasteiger partial charge is 0.444 e. The average Bonchev–Trinajstić information content (AvgIpc) is 2.30. The normalized spacial score (nSPS) is 10.4. The van der Waals surface area contributed by atoms with Crippen molar-refractivity contribution >= 4 is 11.9 Å². The van der Waals surface area contributed by atoms with E-state index in [1.165, 1.54) is 6.07 Å². The minimum absolute atomic E-state index is 0.180. The summed E-state index contributed by atoms with van der Waals surface area (Å²) >= 11 is 0. The number of alkyl carbamates (subject to hydrolysis) is 1. The fourth-order valence-corrected chi connectivity index (χ4v) is 1.25. The van der Waals surface area contributed by atoms with Gasteiger partial charge in [0.1, 0.15) is 17.2 Å². The van der Waals surface area contributed by atoms with E-state index in [0.717, 1.165) is 6.20 Å². The molecule has 1 heterocycles. The molecule has 0 radical (unpaired) electrons. The van der Waals surface area contributed by atoms with Crippen molar-refractivity contribution in [2.24, 2.45) is 0 Å². The maximum absolute atomic E-state index is 12.9. The fraction of sp³-hybridized carbons (Fsp3) is 0.429. The number of carbonyl (C=O) groups is 1. The van der Waals surface area contributed by atoms with Gasteiger partial charge < -0.3 is 15.8 Å². The number of nitrogen functional groups attached to an aromatic ring is 1. The van der Waals surface area contributed by atoms with Crippen molar-refractivity contribution in [3.8, 4) is 11.8 Å². The highest BCUT2D eigenvalue weighted by Gasteiger charge is 2.15. The summed E-state index contributed by atoms with van der Waals surface area (Å²) < 4.78 is 18.0. The van der Waals surface area contributed by atoms with Gasteiger partial charge >= 0.3 is 6.09 Å². The summed E-state index contributed by atoms with van der Waals surface area (Å²) in [7, 11) is 0. The van der Waals surface area contributed by atoms with Crippen molar-refractivity contribution in [3.05, 3.63) is 23.6 Å². The topological polar surface area (TPSA) is 77.2 Å². The first kappa shape index (κ1) is 15.8. The lowest BCUT2D eigenvalue weighted by Crippen LogP contribution is -2.32. The van der Waals surface area contributed by atoms with Gasteiger partial charge in [0, 0.05) is 13.0 Å². The van der Waals surface area contributed by atoms with E-state index in [9.17, 15) is 9.18 Å². The van der Waals surface area contributed by atoms with Gasteiger partial charge in [0.25, 0.3) is 0 Å². The Morgan fingerprint density at radius 3 is 2.90 bits per heavy atom. The molecule has 0 aliphatic heterocycles. The molecule has 0 bridgehead atoms. The van der Waals surface area contributed by atoms with Crippen LogP contribution < -0.4 is 11.1 Å². The maximum atomic E-state index is 12.9. The molecule has 0 fully saturated rings. The lowest BCUT2D eigenvalue weighted by Gasteiger charge is -2.19. The molecule has 3 N–H and O–H groups in total. The third-order valence-corrected chi connectivity index (χ3v) is 2.03. The second kappa shape index (κ2) is 6.75. The first-order valence-electron chi connectivity index (χ1n) is 6.14. The van der Waals surface area contributed by atoms with Crippen LogP contribution in [0.1, 0.15) is 32.8 Å². The Balaban J connectivity index is 2.40. The molecular weight excluding hydrogens is 261 g/mol. The number of hydrogen-bond acceptors (Lipinski definition) is 4. The number of ether oxygens (including phenoxy) is 1. The minimum atomic E-state index is -0.530. The number of hydrogen-bond donors (Lipinski definition) is 2. The van der Waals surface area contributed by atoms with Crippen LogP contribution in [0, 0.1) is 17.7 Å². The maximum Gasteiger partial charge on any atom is 0.407 e. The van der Waals surface area contributed by atoms with E-state index in [1.54, 1.807) is 20.8 Å². The smallest absolute Gasteiger partial charge is 0.407 e. The fourth-order valence-electron chi connectivity index (χ4n) is 1.25. The predicted octanol–water partition coefficient (Wildman–Crippen LogP) is 2.07. The van der Waals surface area contributed by atoms with Crippen LogP contribution in [0.5, 0.6) is 0 Å². The molecule has 0 spiro atoms. The van der Waals surface area contributed by atoms with Gasteiger partial charge in [-0.25, -0.2) is 14.2 Å². The average molecular weight is 279 g/mol. The van der Waals surface area contributed by atoms with Gasteiger partial charge in [0.2, 0.25) is 0 Å². The standard InChI is InChI=1S/C14H18FN3O2/c1-14(2,3)20-13(19)17-7-5-4-6-10-8-11(15)9-18-12(10)16/h8-9H,5,7H2,1-3H3,(H2,16,18)(H,17,19). The van der Waals surface area contributed by atoms with Crippen molar-refractivity contribution in [2.45, 2.75) is 32.8 Å².